The summed E-state index contributed by atoms with van der Waals surface area (Å²) in [7, 11) is 0. The minimum atomic E-state index is -0.902. The first-order chi connectivity index (χ1) is 22.0. The lowest BCUT2D eigenvalue weighted by atomic mass is 9.95. The van der Waals surface area contributed by atoms with Gasteiger partial charge in [0.15, 0.2) is 4.34 Å². The lowest BCUT2D eigenvalue weighted by molar-refractivity contribution is -0.132. The van der Waals surface area contributed by atoms with Gasteiger partial charge < -0.3 is 9.84 Å². The molecule has 1 saturated heterocycles. The summed E-state index contributed by atoms with van der Waals surface area (Å²) in [6.45, 7) is 2.79. The number of carbonyl (C=O) groups excluding carboxylic acids is 2. The number of unbranched alkanes of at least 4 members (excludes halogenated alkanes) is 3. The summed E-state index contributed by atoms with van der Waals surface area (Å²) in [5.41, 5.74) is 2.19. The van der Waals surface area contributed by atoms with Crippen LogP contribution in [-0.4, -0.2) is 38.6 Å². The Hall–Kier alpha value is -4.54. The number of pyridine rings is 1. The second-order valence-electron chi connectivity index (χ2n) is 10.7. The molecule has 1 atom stereocenters. The summed E-state index contributed by atoms with van der Waals surface area (Å²) in [5.74, 6) is -0.460. The van der Waals surface area contributed by atoms with Crippen LogP contribution in [0.4, 0.5) is 5.13 Å². The number of aliphatic hydroxyl groups is 1. The Kier molecular flexibility index (Phi) is 9.52. The van der Waals surface area contributed by atoms with E-state index in [9.17, 15) is 14.7 Å². The zero-order valence-electron chi connectivity index (χ0n) is 24.8. The molecule has 8 nitrogen and oxygen atoms in total. The maximum Gasteiger partial charge on any atom is 0.301 e. The molecule has 1 fully saturated rings. The van der Waals surface area contributed by atoms with E-state index in [1.165, 1.54) is 63.1 Å². The Balaban J connectivity index is 1.30. The molecule has 3 aromatic carbocycles. The van der Waals surface area contributed by atoms with Crippen molar-refractivity contribution < 1.29 is 19.4 Å². The molecule has 6 rings (SSSR count). The summed E-state index contributed by atoms with van der Waals surface area (Å²) in [4.78, 5) is 32.5. The first kappa shape index (κ1) is 30.5. The van der Waals surface area contributed by atoms with Gasteiger partial charge in [-0.1, -0.05) is 104 Å². The number of hydrogen-bond acceptors (Lipinski definition) is 9. The van der Waals surface area contributed by atoms with Crippen LogP contribution in [-0.2, 0) is 15.3 Å². The zero-order valence-corrected chi connectivity index (χ0v) is 26.4. The fourth-order valence-corrected chi connectivity index (χ4v) is 7.26. The van der Waals surface area contributed by atoms with E-state index in [0.29, 0.717) is 33.6 Å². The van der Waals surface area contributed by atoms with E-state index in [0.717, 1.165) is 19.3 Å². The smallest absolute Gasteiger partial charge is 0.301 e. The number of carbonyl (C=O) groups is 2. The summed E-state index contributed by atoms with van der Waals surface area (Å²) >= 11 is 2.77. The van der Waals surface area contributed by atoms with Crippen LogP contribution in [0.1, 0.15) is 55.3 Å². The Morgan fingerprint density at radius 1 is 0.933 bits per heavy atom. The van der Waals surface area contributed by atoms with Gasteiger partial charge in [-0.3, -0.25) is 19.5 Å². The standard InChI is InChI=1S/C35H32N4O4S2/c1-2-3-4-7-21-43-27-15-13-24(14-16-27)30-29(31(40)25-17-19-36-20-18-25)32(41)33(42)39(30)34-37-38-35(45-34)44-22-26-11-8-10-23-9-5-6-12-28(23)26/h5-6,8-20,30,40H,2-4,7,21-22H2,1H3. The number of aromatic nitrogens is 3. The average Bonchev–Trinajstić information content (AvgIpc) is 3.65. The molecule has 2 aromatic heterocycles. The number of fused-ring (bicyclic) bond motifs is 1. The molecule has 45 heavy (non-hydrogen) atoms. The van der Waals surface area contributed by atoms with E-state index in [2.05, 4.69) is 46.4 Å². The van der Waals surface area contributed by atoms with Crippen LogP contribution in [0.2, 0.25) is 0 Å². The SMILES string of the molecule is CCCCCCOc1ccc(C2C(=C(O)c3ccncc3)C(=O)C(=O)N2c2nnc(SCc3cccc4ccccc34)s2)cc1. The maximum atomic E-state index is 13.6. The van der Waals surface area contributed by atoms with E-state index in [1.807, 2.05) is 42.5 Å². The molecule has 228 valence electrons. The van der Waals surface area contributed by atoms with Gasteiger partial charge in [0.1, 0.15) is 11.5 Å². The number of thioether (sulfide) groups is 1. The Morgan fingerprint density at radius 2 is 1.71 bits per heavy atom. The molecule has 10 heteroatoms. The molecule has 1 aliphatic heterocycles. The molecular formula is C35H32N4O4S2. The van der Waals surface area contributed by atoms with Crippen molar-refractivity contribution in [2.45, 2.75) is 48.7 Å². The molecule has 0 saturated carbocycles. The van der Waals surface area contributed by atoms with E-state index in [4.69, 9.17) is 4.74 Å². The van der Waals surface area contributed by atoms with Crippen LogP contribution in [0.15, 0.2) is 101 Å². The molecule has 0 spiro atoms. The highest BCUT2D eigenvalue weighted by atomic mass is 32.2. The molecule has 1 aliphatic rings. The minimum absolute atomic E-state index is 0.0143. The Bertz CT molecular complexity index is 1830. The van der Waals surface area contributed by atoms with E-state index < -0.39 is 17.7 Å². The number of Topliss-reactive ketones (excluding diaryl/α,β-unsaturated/α-hetero) is 1. The van der Waals surface area contributed by atoms with Crippen molar-refractivity contribution in [2.75, 3.05) is 11.5 Å². The predicted octanol–water partition coefficient (Wildman–Crippen LogP) is 7.96. The molecular weight excluding hydrogens is 605 g/mol. The fourth-order valence-electron chi connectivity index (χ4n) is 5.39. The molecule has 3 heterocycles. The normalized spacial score (nSPS) is 16.0. The quantitative estimate of drug-likeness (QED) is 0.0367. The largest absolute Gasteiger partial charge is 0.507 e. The van der Waals surface area contributed by atoms with Gasteiger partial charge in [-0.2, -0.15) is 0 Å². The Labute approximate surface area is 269 Å². The molecule has 0 bridgehead atoms. The van der Waals surface area contributed by atoms with Gasteiger partial charge in [0.2, 0.25) is 5.13 Å². The average molecular weight is 637 g/mol. The lowest BCUT2D eigenvalue weighted by Gasteiger charge is -2.22. The van der Waals surface area contributed by atoms with Crippen molar-refractivity contribution in [1.82, 2.24) is 15.2 Å². The van der Waals surface area contributed by atoms with Crippen molar-refractivity contribution in [3.8, 4) is 5.75 Å². The van der Waals surface area contributed by atoms with Gasteiger partial charge in [-0.05, 0) is 52.6 Å². The van der Waals surface area contributed by atoms with Crippen molar-refractivity contribution in [2.24, 2.45) is 0 Å². The van der Waals surface area contributed by atoms with Crippen molar-refractivity contribution in [3.63, 3.8) is 0 Å². The number of ether oxygens (including phenoxy) is 1. The summed E-state index contributed by atoms with van der Waals surface area (Å²) < 4.78 is 6.59. The van der Waals surface area contributed by atoms with Crippen molar-refractivity contribution >= 4 is 56.5 Å². The van der Waals surface area contributed by atoms with Gasteiger partial charge in [0.05, 0.1) is 18.2 Å². The van der Waals surface area contributed by atoms with Crippen LogP contribution in [0.5, 0.6) is 5.75 Å². The molecule has 1 N–H and O–H groups in total. The van der Waals surface area contributed by atoms with E-state index in [1.54, 1.807) is 12.1 Å². The fraction of sp³-hybridized carbons (Fsp3) is 0.229. The second-order valence-corrected chi connectivity index (χ2v) is 12.8. The van der Waals surface area contributed by atoms with Gasteiger partial charge in [-0.25, -0.2) is 0 Å². The number of benzene rings is 3. The third-order valence-corrected chi connectivity index (χ3v) is 9.80. The third-order valence-electron chi connectivity index (χ3n) is 7.69. The number of hydrogen-bond donors (Lipinski definition) is 1. The van der Waals surface area contributed by atoms with E-state index >= 15 is 0 Å². The van der Waals surface area contributed by atoms with Crippen LogP contribution in [0, 0.1) is 0 Å². The Morgan fingerprint density at radius 3 is 2.51 bits per heavy atom. The summed E-state index contributed by atoms with van der Waals surface area (Å²) in [6, 6.07) is 24.0. The summed E-state index contributed by atoms with van der Waals surface area (Å²) in [6.07, 6.45) is 7.47. The zero-order chi connectivity index (χ0) is 31.2. The number of anilines is 1. The van der Waals surface area contributed by atoms with Crippen molar-refractivity contribution in [1.29, 1.82) is 0 Å². The maximum absolute atomic E-state index is 13.6. The summed E-state index contributed by atoms with van der Waals surface area (Å²) in [5, 5.41) is 22.7. The highest BCUT2D eigenvalue weighted by Gasteiger charge is 2.48. The molecule has 0 aliphatic carbocycles. The van der Waals surface area contributed by atoms with E-state index in [-0.39, 0.29) is 16.5 Å². The number of ketones is 1. The van der Waals surface area contributed by atoms with Gasteiger partial charge in [0.25, 0.3) is 5.78 Å². The number of amides is 1. The number of aliphatic hydroxyl groups excluding tert-OH is 1. The van der Waals surface area contributed by atoms with Crippen LogP contribution in [0.25, 0.3) is 16.5 Å². The molecule has 0 radical (unpaired) electrons. The first-order valence-electron chi connectivity index (χ1n) is 14.9. The highest BCUT2D eigenvalue weighted by molar-refractivity contribution is 8.00. The van der Waals surface area contributed by atoms with Crippen LogP contribution < -0.4 is 9.64 Å². The topological polar surface area (TPSA) is 106 Å². The lowest BCUT2D eigenvalue weighted by Crippen LogP contribution is -2.29. The van der Waals surface area contributed by atoms with Gasteiger partial charge in [-0.15, -0.1) is 10.2 Å². The van der Waals surface area contributed by atoms with Gasteiger partial charge >= 0.3 is 5.91 Å². The molecule has 1 amide bonds. The predicted molar refractivity (Wildman–Crippen MR) is 179 cm³/mol. The molecule has 1 unspecified atom stereocenters. The minimum Gasteiger partial charge on any atom is -0.507 e. The number of nitrogens with zero attached hydrogens (tertiary/aromatic N) is 4. The number of rotatable bonds is 12. The highest BCUT2D eigenvalue weighted by Crippen LogP contribution is 2.44. The first-order valence-corrected chi connectivity index (χ1v) is 16.7. The monoisotopic (exact) mass is 636 g/mol. The van der Waals surface area contributed by atoms with Crippen molar-refractivity contribution in [3.05, 3.63) is 114 Å². The van der Waals surface area contributed by atoms with Crippen LogP contribution in [0.3, 0.4) is 0 Å². The third kappa shape index (κ3) is 6.62. The molecule has 5 aromatic rings. The van der Waals surface area contributed by atoms with Crippen LogP contribution >= 0.6 is 23.1 Å². The second kappa shape index (κ2) is 14.0. The van der Waals surface area contributed by atoms with Gasteiger partial charge in [0, 0.05) is 23.7 Å².